The van der Waals surface area contributed by atoms with Crippen molar-refractivity contribution in [3.05, 3.63) is 53.6 Å². The van der Waals surface area contributed by atoms with Gasteiger partial charge in [0.1, 0.15) is 12.8 Å². The fraction of sp³-hybridized carbons (Fsp3) is 0.125. The molecule has 1 aliphatic rings. The molecule has 20 heavy (non-hydrogen) atoms. The number of benzene rings is 2. The van der Waals surface area contributed by atoms with Crippen molar-refractivity contribution in [3.8, 4) is 0 Å². The van der Waals surface area contributed by atoms with E-state index in [1.165, 1.54) is 0 Å². The second-order valence-electron chi connectivity index (χ2n) is 4.82. The number of aldehydes is 1. The van der Waals surface area contributed by atoms with Gasteiger partial charge < -0.3 is 10.2 Å². The Morgan fingerprint density at radius 2 is 1.95 bits per heavy atom. The number of carbonyl (C=O) groups is 2. The molecule has 0 fully saturated rings. The van der Waals surface area contributed by atoms with Crippen LogP contribution >= 0.6 is 0 Å². The van der Waals surface area contributed by atoms with E-state index in [1.807, 2.05) is 48.2 Å². The zero-order valence-electron chi connectivity index (χ0n) is 11.1. The minimum Gasteiger partial charge on any atom is -0.330 e. The van der Waals surface area contributed by atoms with E-state index in [0.29, 0.717) is 5.56 Å². The first-order valence-electron chi connectivity index (χ1n) is 6.41. The summed E-state index contributed by atoms with van der Waals surface area (Å²) in [6.45, 7) is 2.22. The number of hydrogen-bond acceptors (Lipinski definition) is 3. The number of carbonyl (C=O) groups excluding carboxylic acids is 2. The molecule has 0 atom stereocenters. The van der Waals surface area contributed by atoms with Gasteiger partial charge in [-0.3, -0.25) is 9.59 Å². The standard InChI is InChI=1S/C16H14N2O2/c1-11-8-12(10-19)6-7-14(11)18-9-16(20)17-13-4-2-3-5-15(13)18/h2-8,10H,9H2,1H3,(H,17,20). The Kier molecular flexibility index (Phi) is 2.99. The van der Waals surface area contributed by atoms with Crippen LogP contribution in [-0.2, 0) is 4.79 Å². The van der Waals surface area contributed by atoms with Crippen LogP contribution in [0.1, 0.15) is 15.9 Å². The third kappa shape index (κ3) is 2.05. The van der Waals surface area contributed by atoms with Crippen molar-refractivity contribution < 1.29 is 9.59 Å². The molecule has 4 heteroatoms. The molecule has 2 aromatic carbocycles. The highest BCUT2D eigenvalue weighted by atomic mass is 16.2. The van der Waals surface area contributed by atoms with Gasteiger partial charge in [-0.05, 0) is 42.8 Å². The van der Waals surface area contributed by atoms with Crippen LogP contribution in [0.25, 0.3) is 0 Å². The molecule has 0 saturated heterocycles. The van der Waals surface area contributed by atoms with Gasteiger partial charge in [0.05, 0.1) is 11.4 Å². The Balaban J connectivity index is 2.10. The van der Waals surface area contributed by atoms with E-state index in [2.05, 4.69) is 5.32 Å². The quantitative estimate of drug-likeness (QED) is 0.850. The minimum absolute atomic E-state index is 0.0393. The number of nitrogens with zero attached hydrogens (tertiary/aromatic N) is 1. The molecule has 0 radical (unpaired) electrons. The highest BCUT2D eigenvalue weighted by molar-refractivity contribution is 6.03. The maximum atomic E-state index is 11.8. The summed E-state index contributed by atoms with van der Waals surface area (Å²) in [5.74, 6) is -0.0393. The van der Waals surface area contributed by atoms with E-state index in [9.17, 15) is 9.59 Å². The summed E-state index contributed by atoms with van der Waals surface area (Å²) in [7, 11) is 0. The Morgan fingerprint density at radius 3 is 2.70 bits per heavy atom. The summed E-state index contributed by atoms with van der Waals surface area (Å²) in [5, 5.41) is 2.86. The molecule has 0 bridgehead atoms. The van der Waals surface area contributed by atoms with Crippen molar-refractivity contribution in [2.24, 2.45) is 0 Å². The van der Waals surface area contributed by atoms with Crippen molar-refractivity contribution in [1.29, 1.82) is 0 Å². The van der Waals surface area contributed by atoms with Crippen molar-refractivity contribution in [2.45, 2.75) is 6.92 Å². The molecule has 0 unspecified atom stereocenters. The first kappa shape index (κ1) is 12.4. The van der Waals surface area contributed by atoms with E-state index >= 15 is 0 Å². The Hall–Kier alpha value is -2.62. The minimum atomic E-state index is -0.0393. The van der Waals surface area contributed by atoms with Gasteiger partial charge in [0.2, 0.25) is 5.91 Å². The van der Waals surface area contributed by atoms with Crippen LogP contribution in [0.4, 0.5) is 17.1 Å². The first-order valence-corrected chi connectivity index (χ1v) is 6.41. The molecular weight excluding hydrogens is 252 g/mol. The number of nitrogens with one attached hydrogen (secondary N) is 1. The van der Waals surface area contributed by atoms with E-state index in [-0.39, 0.29) is 12.5 Å². The molecule has 4 nitrogen and oxygen atoms in total. The molecule has 0 aliphatic carbocycles. The van der Waals surface area contributed by atoms with Gasteiger partial charge in [-0.25, -0.2) is 0 Å². The summed E-state index contributed by atoms with van der Waals surface area (Å²) < 4.78 is 0. The molecule has 3 rings (SSSR count). The summed E-state index contributed by atoms with van der Waals surface area (Å²) in [5.41, 5.74) is 4.33. The molecule has 0 spiro atoms. The molecule has 1 amide bonds. The van der Waals surface area contributed by atoms with E-state index in [1.54, 1.807) is 6.07 Å². The zero-order valence-corrected chi connectivity index (χ0v) is 11.1. The third-order valence-electron chi connectivity index (χ3n) is 3.42. The first-order chi connectivity index (χ1) is 9.69. The largest absolute Gasteiger partial charge is 0.330 e. The molecule has 1 aliphatic heterocycles. The van der Waals surface area contributed by atoms with Crippen molar-refractivity contribution >= 4 is 29.3 Å². The average molecular weight is 266 g/mol. The van der Waals surface area contributed by atoms with E-state index in [0.717, 1.165) is 28.9 Å². The van der Waals surface area contributed by atoms with Crippen LogP contribution in [0.3, 0.4) is 0 Å². The Morgan fingerprint density at radius 1 is 1.15 bits per heavy atom. The molecule has 0 saturated carbocycles. The van der Waals surface area contributed by atoms with Gasteiger partial charge in [0.25, 0.3) is 0 Å². The molecule has 2 aromatic rings. The van der Waals surface area contributed by atoms with E-state index in [4.69, 9.17) is 0 Å². The van der Waals surface area contributed by atoms with Crippen molar-refractivity contribution in [3.63, 3.8) is 0 Å². The fourth-order valence-corrected chi connectivity index (χ4v) is 2.50. The molecule has 0 aromatic heterocycles. The van der Waals surface area contributed by atoms with Crippen LogP contribution in [-0.4, -0.2) is 18.7 Å². The normalized spacial score (nSPS) is 13.7. The summed E-state index contributed by atoms with van der Waals surface area (Å²) in [6.07, 6.45) is 0.827. The summed E-state index contributed by atoms with van der Waals surface area (Å²) in [6, 6.07) is 13.2. The smallest absolute Gasteiger partial charge is 0.244 e. The highest BCUT2D eigenvalue weighted by Crippen LogP contribution is 2.36. The lowest BCUT2D eigenvalue weighted by atomic mass is 10.1. The lowest BCUT2D eigenvalue weighted by Gasteiger charge is -2.32. The SMILES string of the molecule is Cc1cc(C=O)ccc1N1CC(=O)Nc2ccccc21. The second kappa shape index (κ2) is 4.81. The maximum Gasteiger partial charge on any atom is 0.244 e. The lowest BCUT2D eigenvalue weighted by molar-refractivity contribution is -0.115. The fourth-order valence-electron chi connectivity index (χ4n) is 2.50. The van der Waals surface area contributed by atoms with Crippen LogP contribution in [0, 0.1) is 6.92 Å². The number of hydrogen-bond donors (Lipinski definition) is 1. The summed E-state index contributed by atoms with van der Waals surface area (Å²) in [4.78, 5) is 24.6. The predicted octanol–water partition coefficient (Wildman–Crippen LogP) is 2.90. The van der Waals surface area contributed by atoms with Gasteiger partial charge in [-0.2, -0.15) is 0 Å². The second-order valence-corrected chi connectivity index (χ2v) is 4.82. The number of amides is 1. The van der Waals surface area contributed by atoms with Gasteiger partial charge >= 0.3 is 0 Å². The van der Waals surface area contributed by atoms with Gasteiger partial charge in [0, 0.05) is 11.3 Å². The summed E-state index contributed by atoms with van der Waals surface area (Å²) >= 11 is 0. The van der Waals surface area contributed by atoms with E-state index < -0.39 is 0 Å². The van der Waals surface area contributed by atoms with Crippen LogP contribution < -0.4 is 10.2 Å². The molecule has 100 valence electrons. The maximum absolute atomic E-state index is 11.8. The van der Waals surface area contributed by atoms with Gasteiger partial charge in [-0.1, -0.05) is 12.1 Å². The van der Waals surface area contributed by atoms with Crippen LogP contribution in [0.2, 0.25) is 0 Å². The Bertz CT molecular complexity index is 695. The number of para-hydroxylation sites is 2. The molecule has 1 N–H and O–H groups in total. The number of aryl methyl sites for hydroxylation is 1. The van der Waals surface area contributed by atoms with Gasteiger partial charge in [0.15, 0.2) is 0 Å². The van der Waals surface area contributed by atoms with Crippen LogP contribution in [0.5, 0.6) is 0 Å². The van der Waals surface area contributed by atoms with Crippen LogP contribution in [0.15, 0.2) is 42.5 Å². The molecular formula is C16H14N2O2. The Labute approximate surface area is 117 Å². The van der Waals surface area contributed by atoms with Gasteiger partial charge in [-0.15, -0.1) is 0 Å². The highest BCUT2D eigenvalue weighted by Gasteiger charge is 2.23. The topological polar surface area (TPSA) is 49.4 Å². The number of fused-ring (bicyclic) bond motifs is 1. The lowest BCUT2D eigenvalue weighted by Crippen LogP contribution is -2.35. The zero-order chi connectivity index (χ0) is 14.1. The number of anilines is 3. The monoisotopic (exact) mass is 266 g/mol. The average Bonchev–Trinajstić information content (AvgIpc) is 2.46. The number of rotatable bonds is 2. The third-order valence-corrected chi connectivity index (χ3v) is 3.42. The predicted molar refractivity (Wildman–Crippen MR) is 78.6 cm³/mol. The van der Waals surface area contributed by atoms with Crippen molar-refractivity contribution in [1.82, 2.24) is 0 Å². The molecule has 1 heterocycles. The van der Waals surface area contributed by atoms with Crippen molar-refractivity contribution in [2.75, 3.05) is 16.8 Å².